The molecular formula is C17H29NO2. The topological polar surface area (TPSA) is 41.5 Å². The predicted octanol–water partition coefficient (Wildman–Crippen LogP) is 3.33. The Bertz CT molecular complexity index is 392. The number of ether oxygens (including phenoxy) is 1. The zero-order valence-corrected chi connectivity index (χ0v) is 13.3. The summed E-state index contributed by atoms with van der Waals surface area (Å²) in [5, 5.41) is 12.8. The van der Waals surface area contributed by atoms with Crippen LogP contribution in [0.1, 0.15) is 52.0 Å². The number of likely N-dealkylation sites (N-methyl/N-ethyl adjacent to an activating group) is 1. The first-order chi connectivity index (χ1) is 9.52. The Labute approximate surface area is 123 Å². The lowest BCUT2D eigenvalue weighted by Crippen LogP contribution is -2.45. The minimum Gasteiger partial charge on any atom is -0.493 e. The maximum atomic E-state index is 9.45. The molecule has 0 heterocycles. The molecule has 0 aliphatic rings. The summed E-state index contributed by atoms with van der Waals surface area (Å²) in [7, 11) is 0. The molecule has 2 N–H and O–H groups in total. The Morgan fingerprint density at radius 2 is 2.00 bits per heavy atom. The van der Waals surface area contributed by atoms with E-state index in [1.807, 2.05) is 12.1 Å². The summed E-state index contributed by atoms with van der Waals surface area (Å²) in [6.45, 7) is 10.2. The van der Waals surface area contributed by atoms with Gasteiger partial charge in [-0.1, -0.05) is 39.0 Å². The number of para-hydroxylation sites is 1. The molecule has 0 fully saturated rings. The SMILES string of the molecule is CCNC(C)(CO)CCCOc1ccccc1C(C)C. The fourth-order valence-corrected chi connectivity index (χ4v) is 2.38. The van der Waals surface area contributed by atoms with Gasteiger partial charge in [-0.15, -0.1) is 0 Å². The number of hydrogen-bond acceptors (Lipinski definition) is 3. The third-order valence-electron chi connectivity index (χ3n) is 3.62. The summed E-state index contributed by atoms with van der Waals surface area (Å²) in [5.74, 6) is 1.45. The second kappa shape index (κ2) is 8.28. The minimum atomic E-state index is -0.199. The Kier molecular flexibility index (Phi) is 7.03. The van der Waals surface area contributed by atoms with E-state index in [0.29, 0.717) is 12.5 Å². The molecule has 1 aromatic rings. The van der Waals surface area contributed by atoms with Crippen LogP contribution in [-0.4, -0.2) is 30.4 Å². The first kappa shape index (κ1) is 17.0. The quantitative estimate of drug-likeness (QED) is 0.681. The fraction of sp³-hybridized carbons (Fsp3) is 0.647. The molecular weight excluding hydrogens is 250 g/mol. The van der Waals surface area contributed by atoms with Crippen molar-refractivity contribution in [3.05, 3.63) is 29.8 Å². The summed E-state index contributed by atoms with van der Waals surface area (Å²) >= 11 is 0. The number of rotatable bonds is 9. The van der Waals surface area contributed by atoms with Gasteiger partial charge in [-0.3, -0.25) is 0 Å². The molecule has 0 saturated heterocycles. The molecule has 1 unspecified atom stereocenters. The monoisotopic (exact) mass is 279 g/mol. The highest BCUT2D eigenvalue weighted by Gasteiger charge is 2.21. The van der Waals surface area contributed by atoms with Crippen molar-refractivity contribution in [2.24, 2.45) is 0 Å². The summed E-state index contributed by atoms with van der Waals surface area (Å²) in [6, 6.07) is 8.22. The molecule has 0 spiro atoms. The summed E-state index contributed by atoms with van der Waals surface area (Å²) < 4.78 is 5.91. The van der Waals surface area contributed by atoms with Crippen molar-refractivity contribution in [1.82, 2.24) is 5.32 Å². The second-order valence-corrected chi connectivity index (χ2v) is 5.89. The number of nitrogens with one attached hydrogen (secondary N) is 1. The van der Waals surface area contributed by atoms with Gasteiger partial charge in [0, 0.05) is 5.54 Å². The van der Waals surface area contributed by atoms with Crippen molar-refractivity contribution in [2.45, 2.75) is 52.0 Å². The van der Waals surface area contributed by atoms with Crippen molar-refractivity contribution in [3.63, 3.8) is 0 Å². The van der Waals surface area contributed by atoms with Gasteiger partial charge in [-0.05, 0) is 43.9 Å². The Hall–Kier alpha value is -1.06. The van der Waals surface area contributed by atoms with Crippen LogP contribution in [0.15, 0.2) is 24.3 Å². The third kappa shape index (κ3) is 5.14. The molecule has 0 saturated carbocycles. The molecule has 0 aromatic heterocycles. The summed E-state index contributed by atoms with van der Waals surface area (Å²) in [6.07, 6.45) is 1.83. The van der Waals surface area contributed by atoms with E-state index in [1.54, 1.807) is 0 Å². The number of hydrogen-bond donors (Lipinski definition) is 2. The Morgan fingerprint density at radius 3 is 2.60 bits per heavy atom. The van der Waals surface area contributed by atoms with Gasteiger partial charge in [0.15, 0.2) is 0 Å². The van der Waals surface area contributed by atoms with E-state index in [1.165, 1.54) is 5.56 Å². The van der Waals surface area contributed by atoms with E-state index >= 15 is 0 Å². The Morgan fingerprint density at radius 1 is 1.30 bits per heavy atom. The molecule has 0 aliphatic heterocycles. The van der Waals surface area contributed by atoms with Gasteiger partial charge in [0.05, 0.1) is 13.2 Å². The number of aliphatic hydroxyl groups is 1. The molecule has 0 amide bonds. The molecule has 1 rings (SSSR count). The van der Waals surface area contributed by atoms with Gasteiger partial charge >= 0.3 is 0 Å². The van der Waals surface area contributed by atoms with Gasteiger partial charge in [-0.2, -0.15) is 0 Å². The first-order valence-corrected chi connectivity index (χ1v) is 7.60. The minimum absolute atomic E-state index is 0.156. The first-order valence-electron chi connectivity index (χ1n) is 7.60. The van der Waals surface area contributed by atoms with Crippen LogP contribution in [-0.2, 0) is 0 Å². The Balaban J connectivity index is 2.45. The lowest BCUT2D eigenvalue weighted by molar-refractivity contribution is 0.157. The van der Waals surface area contributed by atoms with Gasteiger partial charge in [0.2, 0.25) is 0 Å². The van der Waals surface area contributed by atoms with E-state index in [2.05, 4.69) is 45.1 Å². The lowest BCUT2D eigenvalue weighted by Gasteiger charge is -2.28. The molecule has 0 aliphatic carbocycles. The van der Waals surface area contributed by atoms with Crippen molar-refractivity contribution in [2.75, 3.05) is 19.8 Å². The van der Waals surface area contributed by atoms with Crippen molar-refractivity contribution >= 4 is 0 Å². The van der Waals surface area contributed by atoms with E-state index in [0.717, 1.165) is 25.1 Å². The van der Waals surface area contributed by atoms with E-state index in [9.17, 15) is 5.11 Å². The zero-order chi connectivity index (χ0) is 15.0. The highest BCUT2D eigenvalue weighted by molar-refractivity contribution is 5.35. The summed E-state index contributed by atoms with van der Waals surface area (Å²) in [5.41, 5.74) is 1.06. The van der Waals surface area contributed by atoms with Crippen LogP contribution in [0.2, 0.25) is 0 Å². The van der Waals surface area contributed by atoms with Gasteiger partial charge in [0.25, 0.3) is 0 Å². The molecule has 20 heavy (non-hydrogen) atoms. The van der Waals surface area contributed by atoms with E-state index in [-0.39, 0.29) is 12.1 Å². The predicted molar refractivity (Wildman–Crippen MR) is 84.4 cm³/mol. The van der Waals surface area contributed by atoms with E-state index < -0.39 is 0 Å². The highest BCUT2D eigenvalue weighted by Crippen LogP contribution is 2.26. The molecule has 3 nitrogen and oxygen atoms in total. The smallest absolute Gasteiger partial charge is 0.122 e. The number of aliphatic hydroxyl groups excluding tert-OH is 1. The summed E-state index contributed by atoms with van der Waals surface area (Å²) in [4.78, 5) is 0. The second-order valence-electron chi connectivity index (χ2n) is 5.89. The normalized spacial score (nSPS) is 14.3. The van der Waals surface area contributed by atoms with Crippen LogP contribution in [0.25, 0.3) is 0 Å². The van der Waals surface area contributed by atoms with Crippen molar-refractivity contribution in [3.8, 4) is 5.75 Å². The average Bonchev–Trinajstić information content (AvgIpc) is 2.44. The van der Waals surface area contributed by atoms with Crippen molar-refractivity contribution < 1.29 is 9.84 Å². The fourth-order valence-electron chi connectivity index (χ4n) is 2.38. The molecule has 0 bridgehead atoms. The van der Waals surface area contributed by atoms with Crippen LogP contribution in [0.4, 0.5) is 0 Å². The van der Waals surface area contributed by atoms with Gasteiger partial charge in [0.1, 0.15) is 5.75 Å². The molecule has 1 aromatic carbocycles. The van der Waals surface area contributed by atoms with Crippen LogP contribution >= 0.6 is 0 Å². The van der Waals surface area contributed by atoms with Gasteiger partial charge in [-0.25, -0.2) is 0 Å². The molecule has 1 atom stereocenters. The average molecular weight is 279 g/mol. The standard InChI is InChI=1S/C17H29NO2/c1-5-18-17(4,13-19)11-8-12-20-16-10-7-6-9-15(16)14(2)3/h6-7,9-10,14,18-19H,5,8,11-13H2,1-4H3. The largest absolute Gasteiger partial charge is 0.493 e. The third-order valence-corrected chi connectivity index (χ3v) is 3.62. The van der Waals surface area contributed by atoms with E-state index in [4.69, 9.17) is 4.74 Å². The van der Waals surface area contributed by atoms with Crippen LogP contribution < -0.4 is 10.1 Å². The van der Waals surface area contributed by atoms with Crippen LogP contribution in [0.5, 0.6) is 5.75 Å². The lowest BCUT2D eigenvalue weighted by atomic mass is 9.97. The molecule has 114 valence electrons. The highest BCUT2D eigenvalue weighted by atomic mass is 16.5. The number of benzene rings is 1. The molecule has 3 heteroatoms. The van der Waals surface area contributed by atoms with Crippen molar-refractivity contribution in [1.29, 1.82) is 0 Å². The van der Waals surface area contributed by atoms with Crippen LogP contribution in [0, 0.1) is 0 Å². The maximum absolute atomic E-state index is 9.45. The van der Waals surface area contributed by atoms with Crippen LogP contribution in [0.3, 0.4) is 0 Å². The van der Waals surface area contributed by atoms with Gasteiger partial charge < -0.3 is 15.2 Å². The maximum Gasteiger partial charge on any atom is 0.122 e. The zero-order valence-electron chi connectivity index (χ0n) is 13.3. The molecule has 0 radical (unpaired) electrons.